The van der Waals surface area contributed by atoms with E-state index in [-0.39, 0.29) is 17.4 Å². The normalized spacial score (nSPS) is 10.4. The Labute approximate surface area is 178 Å². The van der Waals surface area contributed by atoms with Crippen LogP contribution in [-0.2, 0) is 0 Å². The van der Waals surface area contributed by atoms with Crippen LogP contribution in [0.15, 0.2) is 71.6 Å². The standard InChI is InChI=1S/C23H20FNO4S/c1-28-21-11-8-16(12-22(21)29-2)20(26)14-30-19-5-3-4-18(13-19)25-23(27)15-6-9-17(24)10-7-15/h3-13H,14H2,1-2H3,(H,25,27). The van der Waals surface area contributed by atoms with Crippen molar-refractivity contribution in [2.24, 2.45) is 0 Å². The molecule has 3 rings (SSSR count). The number of methoxy groups -OCH3 is 2. The molecule has 0 atom stereocenters. The molecule has 30 heavy (non-hydrogen) atoms. The van der Waals surface area contributed by atoms with E-state index in [0.29, 0.717) is 28.3 Å². The molecule has 1 N–H and O–H groups in total. The first-order valence-electron chi connectivity index (χ1n) is 9.05. The molecule has 0 saturated carbocycles. The Kier molecular flexibility index (Phi) is 7.08. The molecule has 0 unspecified atom stereocenters. The molecule has 0 aliphatic rings. The maximum absolute atomic E-state index is 13.0. The van der Waals surface area contributed by atoms with Gasteiger partial charge in [-0.3, -0.25) is 9.59 Å². The van der Waals surface area contributed by atoms with Gasteiger partial charge in [0.05, 0.1) is 20.0 Å². The first kappa shape index (κ1) is 21.4. The second-order valence-corrected chi connectivity index (χ2v) is 7.32. The van der Waals surface area contributed by atoms with Crippen molar-refractivity contribution in [2.75, 3.05) is 25.3 Å². The number of ether oxygens (including phenoxy) is 2. The summed E-state index contributed by atoms with van der Waals surface area (Å²) in [4.78, 5) is 25.7. The van der Waals surface area contributed by atoms with Gasteiger partial charge in [-0.25, -0.2) is 4.39 Å². The number of nitrogens with one attached hydrogen (secondary N) is 1. The molecule has 0 aromatic heterocycles. The summed E-state index contributed by atoms with van der Waals surface area (Å²) in [5, 5.41) is 2.78. The fourth-order valence-corrected chi connectivity index (χ4v) is 3.56. The SMILES string of the molecule is COc1ccc(C(=O)CSc2cccc(NC(=O)c3ccc(F)cc3)c2)cc1OC. The molecule has 154 valence electrons. The van der Waals surface area contributed by atoms with Crippen molar-refractivity contribution in [1.82, 2.24) is 0 Å². The van der Waals surface area contributed by atoms with Crippen LogP contribution in [0.25, 0.3) is 0 Å². The van der Waals surface area contributed by atoms with Crippen molar-refractivity contribution in [3.8, 4) is 11.5 Å². The third-order valence-corrected chi connectivity index (χ3v) is 5.27. The Morgan fingerprint density at radius 2 is 1.60 bits per heavy atom. The van der Waals surface area contributed by atoms with Gasteiger partial charge in [0.25, 0.3) is 5.91 Å². The number of carbonyl (C=O) groups excluding carboxylic acids is 2. The van der Waals surface area contributed by atoms with Crippen molar-refractivity contribution in [3.05, 3.63) is 83.7 Å². The summed E-state index contributed by atoms with van der Waals surface area (Å²) >= 11 is 1.36. The molecule has 0 radical (unpaired) electrons. The maximum Gasteiger partial charge on any atom is 0.255 e. The molecule has 1 amide bonds. The summed E-state index contributed by atoms with van der Waals surface area (Å²) in [6.07, 6.45) is 0. The summed E-state index contributed by atoms with van der Waals surface area (Å²) < 4.78 is 23.4. The minimum atomic E-state index is -0.399. The molecule has 3 aromatic carbocycles. The van der Waals surface area contributed by atoms with E-state index in [2.05, 4.69) is 5.32 Å². The van der Waals surface area contributed by atoms with E-state index < -0.39 is 5.82 Å². The Morgan fingerprint density at radius 1 is 0.900 bits per heavy atom. The molecule has 0 aliphatic heterocycles. The Hall–Kier alpha value is -3.32. The summed E-state index contributed by atoms with van der Waals surface area (Å²) in [5.41, 5.74) is 1.48. The lowest BCUT2D eigenvalue weighted by atomic mass is 10.1. The topological polar surface area (TPSA) is 64.6 Å². The minimum Gasteiger partial charge on any atom is -0.493 e. The van der Waals surface area contributed by atoms with E-state index >= 15 is 0 Å². The van der Waals surface area contributed by atoms with Crippen molar-refractivity contribution < 1.29 is 23.5 Å². The zero-order valence-corrected chi connectivity index (χ0v) is 17.3. The summed E-state index contributed by atoms with van der Waals surface area (Å²) in [5.74, 6) is 0.500. The summed E-state index contributed by atoms with van der Waals surface area (Å²) in [7, 11) is 3.06. The van der Waals surface area contributed by atoms with Crippen LogP contribution in [0.3, 0.4) is 0 Å². The quantitative estimate of drug-likeness (QED) is 0.403. The smallest absolute Gasteiger partial charge is 0.255 e. The van der Waals surface area contributed by atoms with Crippen molar-refractivity contribution >= 4 is 29.1 Å². The van der Waals surface area contributed by atoms with E-state index in [1.165, 1.54) is 50.2 Å². The first-order chi connectivity index (χ1) is 14.5. The number of rotatable bonds is 8. The highest BCUT2D eigenvalue weighted by Crippen LogP contribution is 2.29. The van der Waals surface area contributed by atoms with Crippen LogP contribution < -0.4 is 14.8 Å². The van der Waals surface area contributed by atoms with Gasteiger partial charge < -0.3 is 14.8 Å². The highest BCUT2D eigenvalue weighted by atomic mass is 32.2. The third-order valence-electron chi connectivity index (χ3n) is 4.27. The summed E-state index contributed by atoms with van der Waals surface area (Å²) in [6.45, 7) is 0. The van der Waals surface area contributed by atoms with Gasteiger partial charge in [-0.2, -0.15) is 0 Å². The average Bonchev–Trinajstić information content (AvgIpc) is 2.77. The molecule has 3 aromatic rings. The highest BCUT2D eigenvalue weighted by molar-refractivity contribution is 8.00. The average molecular weight is 425 g/mol. The number of thioether (sulfide) groups is 1. The Bertz CT molecular complexity index is 1050. The van der Waals surface area contributed by atoms with Gasteiger partial charge in [0, 0.05) is 21.7 Å². The van der Waals surface area contributed by atoms with Gasteiger partial charge >= 0.3 is 0 Å². The number of hydrogen-bond acceptors (Lipinski definition) is 5. The predicted octanol–water partition coefficient (Wildman–Crippen LogP) is 5.07. The predicted molar refractivity (Wildman–Crippen MR) is 115 cm³/mol. The molecule has 0 aliphatic carbocycles. The van der Waals surface area contributed by atoms with E-state index in [4.69, 9.17) is 9.47 Å². The molecule has 0 heterocycles. The van der Waals surface area contributed by atoms with Crippen LogP contribution in [0.1, 0.15) is 20.7 Å². The number of Topliss-reactive ketones (excluding diaryl/α,β-unsaturated/α-hetero) is 1. The highest BCUT2D eigenvalue weighted by Gasteiger charge is 2.12. The number of hydrogen-bond donors (Lipinski definition) is 1. The minimum absolute atomic E-state index is 0.0540. The second-order valence-electron chi connectivity index (χ2n) is 6.27. The van der Waals surface area contributed by atoms with Gasteiger partial charge in [-0.15, -0.1) is 11.8 Å². The summed E-state index contributed by atoms with van der Waals surface area (Å²) in [6, 6.07) is 17.6. The molecular formula is C23H20FNO4S. The molecule has 5 nitrogen and oxygen atoms in total. The first-order valence-corrected chi connectivity index (χ1v) is 10.0. The number of benzene rings is 3. The zero-order chi connectivity index (χ0) is 21.5. The van der Waals surface area contributed by atoms with Gasteiger partial charge in [-0.05, 0) is 60.7 Å². The zero-order valence-electron chi connectivity index (χ0n) is 16.5. The van der Waals surface area contributed by atoms with Gasteiger partial charge in [0.15, 0.2) is 17.3 Å². The fourth-order valence-electron chi connectivity index (χ4n) is 2.71. The largest absolute Gasteiger partial charge is 0.493 e. The van der Waals surface area contributed by atoms with Crippen LogP contribution in [0.2, 0.25) is 0 Å². The monoisotopic (exact) mass is 425 g/mol. The molecule has 7 heteroatoms. The lowest BCUT2D eigenvalue weighted by molar-refractivity contribution is 0.101. The number of anilines is 1. The molecular weight excluding hydrogens is 405 g/mol. The van der Waals surface area contributed by atoms with Crippen molar-refractivity contribution in [3.63, 3.8) is 0 Å². The van der Waals surface area contributed by atoms with Crippen LogP contribution in [-0.4, -0.2) is 31.7 Å². The fraction of sp³-hybridized carbons (Fsp3) is 0.130. The van der Waals surface area contributed by atoms with Crippen LogP contribution >= 0.6 is 11.8 Å². The van der Waals surface area contributed by atoms with Crippen molar-refractivity contribution in [1.29, 1.82) is 0 Å². The number of amides is 1. The molecule has 0 spiro atoms. The Morgan fingerprint density at radius 3 is 2.30 bits per heavy atom. The lowest BCUT2D eigenvalue weighted by Crippen LogP contribution is -2.11. The molecule has 0 bridgehead atoms. The van der Waals surface area contributed by atoms with Gasteiger partial charge in [0.1, 0.15) is 5.82 Å². The van der Waals surface area contributed by atoms with Gasteiger partial charge in [-0.1, -0.05) is 6.07 Å². The maximum atomic E-state index is 13.0. The van der Waals surface area contributed by atoms with Crippen LogP contribution in [0, 0.1) is 5.82 Å². The van der Waals surface area contributed by atoms with Crippen LogP contribution in [0.4, 0.5) is 10.1 Å². The Balaban J connectivity index is 1.63. The van der Waals surface area contributed by atoms with Crippen LogP contribution in [0.5, 0.6) is 11.5 Å². The third kappa shape index (κ3) is 5.39. The second kappa shape index (κ2) is 9.93. The van der Waals surface area contributed by atoms with Crippen molar-refractivity contribution in [2.45, 2.75) is 4.90 Å². The van der Waals surface area contributed by atoms with E-state index in [9.17, 15) is 14.0 Å². The number of carbonyl (C=O) groups is 2. The number of halogens is 1. The lowest BCUT2D eigenvalue weighted by Gasteiger charge is -2.09. The van der Waals surface area contributed by atoms with Gasteiger partial charge in [0.2, 0.25) is 0 Å². The van der Waals surface area contributed by atoms with E-state index in [1.54, 1.807) is 36.4 Å². The molecule has 0 saturated heterocycles. The number of ketones is 1. The molecule has 0 fully saturated rings. The van der Waals surface area contributed by atoms with E-state index in [0.717, 1.165) is 4.90 Å². The van der Waals surface area contributed by atoms with E-state index in [1.807, 2.05) is 6.07 Å².